The first-order valence-corrected chi connectivity index (χ1v) is 7.69. The van der Waals surface area contributed by atoms with Gasteiger partial charge in [-0.3, -0.25) is 4.68 Å². The van der Waals surface area contributed by atoms with Crippen molar-refractivity contribution in [1.82, 2.24) is 15.1 Å². The van der Waals surface area contributed by atoms with Crippen LogP contribution in [0.1, 0.15) is 37.9 Å². The first-order chi connectivity index (χ1) is 10.2. The van der Waals surface area contributed by atoms with E-state index in [1.54, 1.807) is 6.07 Å². The minimum atomic E-state index is -0.152. The maximum absolute atomic E-state index is 13.9. The van der Waals surface area contributed by atoms with Crippen LogP contribution in [0.2, 0.25) is 0 Å². The van der Waals surface area contributed by atoms with Gasteiger partial charge in [0.05, 0.1) is 5.69 Å². The molecule has 0 atom stereocenters. The zero-order valence-corrected chi connectivity index (χ0v) is 13.1. The summed E-state index contributed by atoms with van der Waals surface area (Å²) in [5.74, 6) is -0.152. The van der Waals surface area contributed by atoms with E-state index in [1.165, 1.54) is 0 Å². The highest BCUT2D eigenvalue weighted by molar-refractivity contribution is 5.65. The average Bonchev–Trinajstić information content (AvgIpc) is 2.82. The minimum Gasteiger partial charge on any atom is -0.313 e. The quantitative estimate of drug-likeness (QED) is 0.783. The molecule has 0 bridgehead atoms. The maximum Gasteiger partial charge on any atom is 0.127 e. The van der Waals surface area contributed by atoms with E-state index in [0.717, 1.165) is 42.8 Å². The average molecular weight is 289 g/mol. The van der Waals surface area contributed by atoms with Crippen molar-refractivity contribution in [3.63, 3.8) is 0 Å². The van der Waals surface area contributed by atoms with Crippen LogP contribution < -0.4 is 5.32 Å². The normalized spacial score (nSPS) is 11.0. The number of hydrogen-bond donors (Lipinski definition) is 1. The van der Waals surface area contributed by atoms with Gasteiger partial charge in [0.25, 0.3) is 0 Å². The van der Waals surface area contributed by atoms with Crippen LogP contribution >= 0.6 is 0 Å². The third kappa shape index (κ3) is 3.91. The first kappa shape index (κ1) is 15.7. The molecule has 114 valence electrons. The highest BCUT2D eigenvalue weighted by Crippen LogP contribution is 2.25. The Balaban J connectivity index is 2.25. The van der Waals surface area contributed by atoms with Crippen molar-refractivity contribution in [2.24, 2.45) is 0 Å². The Bertz CT molecular complexity index is 590. The fourth-order valence-electron chi connectivity index (χ4n) is 2.42. The summed E-state index contributed by atoms with van der Waals surface area (Å²) in [4.78, 5) is 0. The third-order valence-electron chi connectivity index (χ3n) is 3.50. The Morgan fingerprint density at radius 3 is 2.76 bits per heavy atom. The molecule has 0 saturated carbocycles. The van der Waals surface area contributed by atoms with E-state index in [-0.39, 0.29) is 5.82 Å². The standard InChI is InChI=1S/C17H24FN3/c1-4-8-19-11-15-10-14(6-7-17(15)18)16-12-21(9-5-2)20-13(16)3/h6-7,10,12,19H,4-5,8-9,11H2,1-3H3. The molecule has 0 spiro atoms. The summed E-state index contributed by atoms with van der Waals surface area (Å²) in [5.41, 5.74) is 3.82. The van der Waals surface area contributed by atoms with Crippen LogP contribution in [0.25, 0.3) is 11.1 Å². The lowest BCUT2D eigenvalue weighted by Gasteiger charge is -2.07. The van der Waals surface area contributed by atoms with E-state index in [9.17, 15) is 4.39 Å². The van der Waals surface area contributed by atoms with Gasteiger partial charge < -0.3 is 5.32 Å². The second kappa shape index (κ2) is 7.36. The minimum absolute atomic E-state index is 0.152. The van der Waals surface area contributed by atoms with Crippen molar-refractivity contribution >= 4 is 0 Å². The van der Waals surface area contributed by atoms with Crippen LogP contribution in [-0.4, -0.2) is 16.3 Å². The van der Waals surface area contributed by atoms with Gasteiger partial charge in [-0.25, -0.2) is 4.39 Å². The molecule has 21 heavy (non-hydrogen) atoms. The molecule has 0 fully saturated rings. The Morgan fingerprint density at radius 1 is 1.24 bits per heavy atom. The number of nitrogens with zero attached hydrogens (tertiary/aromatic N) is 2. The van der Waals surface area contributed by atoms with Gasteiger partial charge >= 0.3 is 0 Å². The lowest BCUT2D eigenvalue weighted by atomic mass is 10.0. The van der Waals surface area contributed by atoms with Crippen molar-refractivity contribution in [2.45, 2.75) is 46.7 Å². The molecule has 1 heterocycles. The van der Waals surface area contributed by atoms with Gasteiger partial charge in [0.15, 0.2) is 0 Å². The number of halogens is 1. The molecule has 0 aliphatic heterocycles. The monoisotopic (exact) mass is 289 g/mol. The van der Waals surface area contributed by atoms with Crippen LogP contribution in [0.5, 0.6) is 0 Å². The van der Waals surface area contributed by atoms with Gasteiger partial charge in [-0.15, -0.1) is 0 Å². The second-order valence-corrected chi connectivity index (χ2v) is 5.37. The zero-order valence-electron chi connectivity index (χ0n) is 13.1. The maximum atomic E-state index is 13.9. The summed E-state index contributed by atoms with van der Waals surface area (Å²) < 4.78 is 15.8. The summed E-state index contributed by atoms with van der Waals surface area (Å²) in [6, 6.07) is 5.31. The Morgan fingerprint density at radius 2 is 2.05 bits per heavy atom. The molecule has 1 aromatic heterocycles. The number of aromatic nitrogens is 2. The smallest absolute Gasteiger partial charge is 0.127 e. The zero-order chi connectivity index (χ0) is 15.2. The summed E-state index contributed by atoms with van der Waals surface area (Å²) in [7, 11) is 0. The molecule has 0 unspecified atom stereocenters. The van der Waals surface area contributed by atoms with Crippen LogP contribution in [0.4, 0.5) is 4.39 Å². The molecular formula is C17H24FN3. The largest absolute Gasteiger partial charge is 0.313 e. The van der Waals surface area contributed by atoms with Crippen LogP contribution in [0.3, 0.4) is 0 Å². The second-order valence-electron chi connectivity index (χ2n) is 5.37. The molecule has 0 radical (unpaired) electrons. The fraction of sp³-hybridized carbons (Fsp3) is 0.471. The SMILES string of the molecule is CCCNCc1cc(-c2cn(CCC)nc2C)ccc1F. The predicted octanol–water partition coefficient (Wildman–Crippen LogP) is 3.91. The van der Waals surface area contributed by atoms with Gasteiger partial charge in [-0.1, -0.05) is 19.9 Å². The van der Waals surface area contributed by atoms with Crippen LogP contribution in [0.15, 0.2) is 24.4 Å². The molecule has 0 amide bonds. The van der Waals surface area contributed by atoms with Crippen molar-refractivity contribution in [3.8, 4) is 11.1 Å². The predicted molar refractivity (Wildman–Crippen MR) is 84.6 cm³/mol. The van der Waals surface area contributed by atoms with Crippen LogP contribution in [0, 0.1) is 12.7 Å². The lowest BCUT2D eigenvalue weighted by Crippen LogP contribution is -2.14. The first-order valence-electron chi connectivity index (χ1n) is 7.69. The highest BCUT2D eigenvalue weighted by Gasteiger charge is 2.10. The summed E-state index contributed by atoms with van der Waals surface area (Å²) in [6.07, 6.45) is 4.15. The summed E-state index contributed by atoms with van der Waals surface area (Å²) in [5, 5.41) is 7.76. The Hall–Kier alpha value is -1.68. The fourth-order valence-corrected chi connectivity index (χ4v) is 2.42. The molecule has 2 rings (SSSR count). The molecule has 3 nitrogen and oxygen atoms in total. The van der Waals surface area contributed by atoms with E-state index >= 15 is 0 Å². The molecular weight excluding hydrogens is 265 g/mol. The summed E-state index contributed by atoms with van der Waals surface area (Å²) >= 11 is 0. The lowest BCUT2D eigenvalue weighted by molar-refractivity contribution is 0.587. The Labute approximate surface area is 126 Å². The third-order valence-corrected chi connectivity index (χ3v) is 3.50. The van der Waals surface area contributed by atoms with Gasteiger partial charge in [0, 0.05) is 30.4 Å². The van der Waals surface area contributed by atoms with E-state index < -0.39 is 0 Å². The molecule has 0 saturated heterocycles. The van der Waals surface area contributed by atoms with E-state index in [2.05, 4.69) is 30.5 Å². The van der Waals surface area contributed by atoms with Gasteiger partial charge in [0.1, 0.15) is 5.82 Å². The van der Waals surface area contributed by atoms with Gasteiger partial charge in [-0.05, 0) is 44.0 Å². The van der Waals surface area contributed by atoms with Gasteiger partial charge in [-0.2, -0.15) is 5.10 Å². The summed E-state index contributed by atoms with van der Waals surface area (Å²) in [6.45, 7) is 8.61. The molecule has 0 aliphatic carbocycles. The molecule has 1 N–H and O–H groups in total. The molecule has 2 aromatic rings. The van der Waals surface area contributed by atoms with Crippen molar-refractivity contribution in [3.05, 3.63) is 41.5 Å². The Kier molecular flexibility index (Phi) is 5.51. The highest BCUT2D eigenvalue weighted by atomic mass is 19.1. The van der Waals surface area contributed by atoms with Crippen molar-refractivity contribution in [1.29, 1.82) is 0 Å². The molecule has 1 aromatic carbocycles. The van der Waals surface area contributed by atoms with E-state index in [0.29, 0.717) is 12.1 Å². The van der Waals surface area contributed by atoms with E-state index in [4.69, 9.17) is 0 Å². The van der Waals surface area contributed by atoms with Gasteiger partial charge in [0.2, 0.25) is 0 Å². The topological polar surface area (TPSA) is 29.9 Å². The number of aryl methyl sites for hydroxylation is 2. The van der Waals surface area contributed by atoms with Crippen molar-refractivity contribution < 1.29 is 4.39 Å². The molecule has 4 heteroatoms. The van der Waals surface area contributed by atoms with E-state index in [1.807, 2.05) is 23.7 Å². The molecule has 0 aliphatic rings. The number of benzene rings is 1. The van der Waals surface area contributed by atoms with Crippen molar-refractivity contribution in [2.75, 3.05) is 6.54 Å². The van der Waals surface area contributed by atoms with Crippen LogP contribution in [-0.2, 0) is 13.1 Å². The number of nitrogens with one attached hydrogen (secondary N) is 1. The number of rotatable bonds is 7. The number of hydrogen-bond acceptors (Lipinski definition) is 2.